The van der Waals surface area contributed by atoms with Crippen molar-refractivity contribution in [1.82, 2.24) is 10.6 Å². The highest BCUT2D eigenvalue weighted by Crippen LogP contribution is 2.41. The van der Waals surface area contributed by atoms with Gasteiger partial charge < -0.3 is 10.6 Å². The maximum absolute atomic E-state index is 3.70. The molecule has 2 aliphatic heterocycles. The van der Waals surface area contributed by atoms with Crippen molar-refractivity contribution in [2.75, 3.05) is 13.1 Å². The van der Waals surface area contributed by atoms with Crippen LogP contribution in [0.2, 0.25) is 0 Å². The molecule has 4 rings (SSSR count). The molecule has 68 valence electrons. The summed E-state index contributed by atoms with van der Waals surface area (Å²) in [5, 5.41) is 7.26. The quantitative estimate of drug-likeness (QED) is 0.646. The van der Waals surface area contributed by atoms with Gasteiger partial charge >= 0.3 is 0 Å². The third-order valence-electron chi connectivity index (χ3n) is 4.09. The van der Waals surface area contributed by atoms with E-state index in [2.05, 4.69) is 17.6 Å². The van der Waals surface area contributed by atoms with E-state index in [1.165, 1.54) is 32.4 Å². The van der Waals surface area contributed by atoms with Crippen LogP contribution >= 0.6 is 0 Å². The van der Waals surface area contributed by atoms with E-state index in [4.69, 9.17) is 0 Å². The SMILES string of the molecule is CC1(NCC2C3CNC2C3)CC1. The van der Waals surface area contributed by atoms with Crippen molar-refractivity contribution in [2.45, 2.75) is 37.8 Å². The van der Waals surface area contributed by atoms with Crippen molar-refractivity contribution in [3.8, 4) is 0 Å². The second-order valence-electron chi connectivity index (χ2n) is 5.12. The molecule has 3 unspecified atom stereocenters. The molecule has 4 fully saturated rings. The first-order chi connectivity index (χ1) is 5.77. The molecule has 0 aromatic heterocycles. The van der Waals surface area contributed by atoms with E-state index in [9.17, 15) is 0 Å². The maximum atomic E-state index is 3.70. The standard InChI is InChI=1S/C10H18N2/c1-10(2-3-10)12-6-8-7-4-9(8)11-5-7/h7-9,11-12H,2-6H2,1H3. The van der Waals surface area contributed by atoms with E-state index in [1.54, 1.807) is 0 Å². The summed E-state index contributed by atoms with van der Waals surface area (Å²) in [5.41, 5.74) is 0.537. The fraction of sp³-hybridized carbons (Fsp3) is 1.00. The molecule has 2 saturated heterocycles. The molecule has 3 atom stereocenters. The van der Waals surface area contributed by atoms with Gasteiger partial charge in [0.25, 0.3) is 0 Å². The lowest BCUT2D eigenvalue weighted by atomic mass is 9.74. The van der Waals surface area contributed by atoms with Crippen LogP contribution in [0.5, 0.6) is 0 Å². The summed E-state index contributed by atoms with van der Waals surface area (Å²) < 4.78 is 0. The van der Waals surface area contributed by atoms with Crippen molar-refractivity contribution in [2.24, 2.45) is 11.8 Å². The number of nitrogens with one attached hydrogen (secondary N) is 2. The molecule has 2 nitrogen and oxygen atoms in total. The van der Waals surface area contributed by atoms with E-state index in [0.29, 0.717) is 5.54 Å². The molecule has 2 heteroatoms. The summed E-state index contributed by atoms with van der Waals surface area (Å²) in [5.74, 6) is 1.97. The molecule has 2 N–H and O–H groups in total. The number of hydrogen-bond donors (Lipinski definition) is 2. The van der Waals surface area contributed by atoms with Crippen LogP contribution in [0.15, 0.2) is 0 Å². The monoisotopic (exact) mass is 166 g/mol. The Bertz CT molecular complexity index is 184. The summed E-state index contributed by atoms with van der Waals surface area (Å²) >= 11 is 0. The molecule has 12 heavy (non-hydrogen) atoms. The van der Waals surface area contributed by atoms with Gasteiger partial charge in [0.2, 0.25) is 0 Å². The predicted molar refractivity (Wildman–Crippen MR) is 49.0 cm³/mol. The first-order valence-corrected chi connectivity index (χ1v) is 5.25. The lowest BCUT2D eigenvalue weighted by Crippen LogP contribution is -2.45. The number of hydrogen-bond acceptors (Lipinski definition) is 2. The summed E-state index contributed by atoms with van der Waals surface area (Å²) in [6.07, 6.45) is 4.23. The van der Waals surface area contributed by atoms with Crippen LogP contribution < -0.4 is 10.6 Å². The van der Waals surface area contributed by atoms with Crippen LogP contribution in [0.3, 0.4) is 0 Å². The van der Waals surface area contributed by atoms with E-state index < -0.39 is 0 Å². The first-order valence-electron chi connectivity index (χ1n) is 5.25. The highest BCUT2D eigenvalue weighted by atomic mass is 15.1. The van der Waals surface area contributed by atoms with Gasteiger partial charge in [0, 0.05) is 18.1 Å². The Morgan fingerprint density at radius 1 is 1.50 bits per heavy atom. The zero-order chi connectivity index (χ0) is 8.18. The van der Waals surface area contributed by atoms with Gasteiger partial charge in [-0.15, -0.1) is 0 Å². The minimum Gasteiger partial charge on any atom is -0.313 e. The molecule has 0 aromatic carbocycles. The van der Waals surface area contributed by atoms with Gasteiger partial charge in [-0.3, -0.25) is 0 Å². The van der Waals surface area contributed by atoms with Gasteiger partial charge in [-0.2, -0.15) is 0 Å². The number of fused-ring (bicyclic) bond motifs is 1. The summed E-state index contributed by atoms with van der Waals surface area (Å²) in [7, 11) is 0. The molecule has 2 heterocycles. The summed E-state index contributed by atoms with van der Waals surface area (Å²) in [6.45, 7) is 4.90. The third kappa shape index (κ3) is 1.01. The second-order valence-corrected chi connectivity index (χ2v) is 5.12. The lowest BCUT2D eigenvalue weighted by molar-refractivity contribution is 0.202. The fourth-order valence-corrected chi connectivity index (χ4v) is 2.62. The lowest BCUT2D eigenvalue weighted by Gasteiger charge is -2.35. The molecule has 0 radical (unpaired) electrons. The molecule has 2 bridgehead atoms. The Kier molecular flexibility index (Phi) is 1.37. The Balaban J connectivity index is 1.50. The van der Waals surface area contributed by atoms with E-state index >= 15 is 0 Å². The van der Waals surface area contributed by atoms with Crippen LogP contribution in [-0.2, 0) is 0 Å². The molecular formula is C10H18N2. The number of rotatable bonds is 3. The molecule has 2 aliphatic carbocycles. The largest absolute Gasteiger partial charge is 0.313 e. The van der Waals surface area contributed by atoms with Crippen molar-refractivity contribution in [3.05, 3.63) is 0 Å². The Morgan fingerprint density at radius 2 is 2.33 bits per heavy atom. The van der Waals surface area contributed by atoms with Gasteiger partial charge in [0.15, 0.2) is 0 Å². The molecule has 0 amide bonds. The Labute approximate surface area is 74.1 Å². The average molecular weight is 166 g/mol. The van der Waals surface area contributed by atoms with E-state index in [-0.39, 0.29) is 0 Å². The topological polar surface area (TPSA) is 24.1 Å². The summed E-state index contributed by atoms with van der Waals surface area (Å²) in [4.78, 5) is 0. The van der Waals surface area contributed by atoms with E-state index in [1.807, 2.05) is 0 Å². The average Bonchev–Trinajstić information content (AvgIpc) is 2.56. The van der Waals surface area contributed by atoms with E-state index in [0.717, 1.165) is 17.9 Å². The zero-order valence-corrected chi connectivity index (χ0v) is 7.77. The smallest absolute Gasteiger partial charge is 0.0154 e. The molecule has 4 aliphatic rings. The highest BCUT2D eigenvalue weighted by molar-refractivity contribution is 5.05. The van der Waals surface area contributed by atoms with Crippen molar-refractivity contribution >= 4 is 0 Å². The third-order valence-corrected chi connectivity index (χ3v) is 4.09. The minimum atomic E-state index is 0.537. The Hall–Kier alpha value is -0.0800. The van der Waals surface area contributed by atoms with Crippen LogP contribution in [0.25, 0.3) is 0 Å². The zero-order valence-electron chi connectivity index (χ0n) is 7.77. The first kappa shape index (κ1) is 7.34. The maximum Gasteiger partial charge on any atom is 0.0154 e. The van der Waals surface area contributed by atoms with Crippen LogP contribution in [0, 0.1) is 11.8 Å². The van der Waals surface area contributed by atoms with Gasteiger partial charge in [-0.25, -0.2) is 0 Å². The second kappa shape index (κ2) is 2.24. The molecule has 2 saturated carbocycles. The Morgan fingerprint density at radius 3 is 2.83 bits per heavy atom. The highest BCUT2D eigenvalue weighted by Gasteiger charge is 2.47. The van der Waals surface area contributed by atoms with Crippen LogP contribution in [0.1, 0.15) is 26.2 Å². The van der Waals surface area contributed by atoms with Crippen LogP contribution in [-0.4, -0.2) is 24.7 Å². The molecular weight excluding hydrogens is 148 g/mol. The summed E-state index contributed by atoms with van der Waals surface area (Å²) in [6, 6.07) is 0.866. The van der Waals surface area contributed by atoms with Gasteiger partial charge in [0.05, 0.1) is 0 Å². The van der Waals surface area contributed by atoms with Gasteiger partial charge in [-0.05, 0) is 44.6 Å². The van der Waals surface area contributed by atoms with Gasteiger partial charge in [0.1, 0.15) is 0 Å². The van der Waals surface area contributed by atoms with Crippen molar-refractivity contribution in [1.29, 1.82) is 0 Å². The molecule has 0 spiro atoms. The van der Waals surface area contributed by atoms with Crippen LogP contribution in [0.4, 0.5) is 0 Å². The minimum absolute atomic E-state index is 0.537. The van der Waals surface area contributed by atoms with Crippen molar-refractivity contribution < 1.29 is 0 Å². The predicted octanol–water partition coefficient (Wildman–Crippen LogP) is 0.736. The van der Waals surface area contributed by atoms with Crippen molar-refractivity contribution in [3.63, 3.8) is 0 Å². The molecule has 0 aromatic rings. The normalized spacial score (nSPS) is 47.2. The fourth-order valence-electron chi connectivity index (χ4n) is 2.62. The van der Waals surface area contributed by atoms with Gasteiger partial charge in [-0.1, -0.05) is 0 Å².